The van der Waals surface area contributed by atoms with E-state index < -0.39 is 11.9 Å². The van der Waals surface area contributed by atoms with Crippen LogP contribution >= 0.6 is 11.6 Å². The van der Waals surface area contributed by atoms with Gasteiger partial charge in [-0.05, 0) is 30.3 Å². The van der Waals surface area contributed by atoms with Crippen molar-refractivity contribution < 1.29 is 28.5 Å². The van der Waals surface area contributed by atoms with E-state index >= 15 is 0 Å². The van der Waals surface area contributed by atoms with Crippen molar-refractivity contribution in [1.29, 1.82) is 0 Å². The number of hydrogen-bond donors (Lipinski definition) is 1. The Morgan fingerprint density at radius 3 is 2.70 bits per heavy atom. The molecule has 1 N–H and O–H groups in total. The van der Waals surface area contributed by atoms with Gasteiger partial charge in [0, 0.05) is 28.2 Å². The number of amides is 1. The Morgan fingerprint density at radius 1 is 1.10 bits per heavy atom. The normalized spacial score (nSPS) is 12.3. The zero-order valence-electron chi connectivity index (χ0n) is 15.9. The lowest BCUT2D eigenvalue weighted by Gasteiger charge is -2.19. The van der Waals surface area contributed by atoms with Crippen LogP contribution in [0.15, 0.2) is 42.5 Å². The van der Waals surface area contributed by atoms with Gasteiger partial charge in [-0.15, -0.1) is 0 Å². The highest BCUT2D eigenvalue weighted by Crippen LogP contribution is 2.33. The molecular weight excluding hydrogens is 412 g/mol. The van der Waals surface area contributed by atoms with E-state index in [1.54, 1.807) is 36.4 Å². The van der Waals surface area contributed by atoms with Gasteiger partial charge in [0.15, 0.2) is 23.8 Å². The van der Waals surface area contributed by atoms with Crippen molar-refractivity contribution in [2.45, 2.75) is 0 Å². The minimum atomic E-state index is -0.613. The first-order valence-corrected chi connectivity index (χ1v) is 9.42. The molecule has 30 heavy (non-hydrogen) atoms. The van der Waals surface area contributed by atoms with Gasteiger partial charge in [0.1, 0.15) is 19.0 Å². The molecule has 1 aromatic heterocycles. The van der Waals surface area contributed by atoms with Gasteiger partial charge < -0.3 is 24.3 Å². The average Bonchev–Trinajstić information content (AvgIpc) is 2.76. The molecule has 1 aliphatic heterocycles. The fourth-order valence-electron chi connectivity index (χ4n) is 2.96. The molecule has 0 radical (unpaired) electrons. The lowest BCUT2D eigenvalue weighted by Crippen LogP contribution is -2.21. The van der Waals surface area contributed by atoms with Crippen LogP contribution in [0, 0.1) is 0 Å². The largest absolute Gasteiger partial charge is 0.486 e. The van der Waals surface area contributed by atoms with Crippen molar-refractivity contribution in [3.8, 4) is 17.2 Å². The van der Waals surface area contributed by atoms with Crippen LogP contribution in [0.3, 0.4) is 0 Å². The van der Waals surface area contributed by atoms with Gasteiger partial charge in [0.2, 0.25) is 0 Å². The van der Waals surface area contributed by atoms with Crippen LogP contribution in [-0.2, 0) is 9.53 Å². The molecule has 154 valence electrons. The van der Waals surface area contributed by atoms with Crippen LogP contribution in [0.25, 0.3) is 10.9 Å². The van der Waals surface area contributed by atoms with Crippen LogP contribution in [-0.4, -0.2) is 43.8 Å². The molecule has 0 saturated heterocycles. The van der Waals surface area contributed by atoms with E-state index in [-0.39, 0.29) is 12.3 Å². The van der Waals surface area contributed by atoms with E-state index in [2.05, 4.69) is 10.3 Å². The number of anilines is 1. The van der Waals surface area contributed by atoms with Gasteiger partial charge in [-0.3, -0.25) is 4.79 Å². The van der Waals surface area contributed by atoms with E-state index in [4.69, 9.17) is 30.5 Å². The fourth-order valence-corrected chi connectivity index (χ4v) is 3.13. The lowest BCUT2D eigenvalue weighted by atomic mass is 10.2. The highest BCUT2D eigenvalue weighted by Gasteiger charge is 2.16. The van der Waals surface area contributed by atoms with Crippen molar-refractivity contribution in [2.24, 2.45) is 0 Å². The summed E-state index contributed by atoms with van der Waals surface area (Å²) in [6.45, 7) is 0.651. The van der Waals surface area contributed by atoms with E-state index in [9.17, 15) is 9.59 Å². The van der Waals surface area contributed by atoms with E-state index in [1.165, 1.54) is 13.2 Å². The minimum absolute atomic E-state index is 0.0644. The zero-order chi connectivity index (χ0) is 21.1. The standard InChI is InChI=1S/C21H17ClN2O6/c1-27-21(26)16-10-18(14-8-12(22)2-4-15(14)24-16)30-11-20(25)23-13-3-5-17-19(9-13)29-7-6-28-17/h2-5,8-10H,6-7,11H2,1H3,(H,23,25). The van der Waals surface area contributed by atoms with Gasteiger partial charge in [0.25, 0.3) is 5.91 Å². The molecule has 3 aromatic rings. The van der Waals surface area contributed by atoms with Gasteiger partial charge in [-0.25, -0.2) is 9.78 Å². The van der Waals surface area contributed by atoms with Crippen molar-refractivity contribution in [3.05, 3.63) is 53.2 Å². The second-order valence-corrected chi connectivity index (χ2v) is 6.79. The third kappa shape index (κ3) is 4.23. The highest BCUT2D eigenvalue weighted by molar-refractivity contribution is 6.31. The summed E-state index contributed by atoms with van der Waals surface area (Å²) >= 11 is 6.07. The molecule has 0 saturated carbocycles. The number of aromatic nitrogens is 1. The Labute approximate surface area is 176 Å². The van der Waals surface area contributed by atoms with Crippen molar-refractivity contribution >= 4 is 40.1 Å². The first kappa shape index (κ1) is 19.8. The maximum atomic E-state index is 12.4. The predicted octanol–water partition coefficient (Wildman–Crippen LogP) is 3.46. The van der Waals surface area contributed by atoms with E-state index in [0.29, 0.717) is 52.1 Å². The van der Waals surface area contributed by atoms with Crippen LogP contribution in [0.4, 0.5) is 5.69 Å². The summed E-state index contributed by atoms with van der Waals surface area (Å²) < 4.78 is 21.4. The number of carbonyl (C=O) groups excluding carboxylic acids is 2. The first-order chi connectivity index (χ1) is 14.5. The summed E-state index contributed by atoms with van der Waals surface area (Å²) in [5, 5.41) is 3.78. The van der Waals surface area contributed by atoms with Gasteiger partial charge >= 0.3 is 5.97 Å². The molecule has 4 rings (SSSR count). The Kier molecular flexibility index (Phi) is 5.58. The molecule has 2 aromatic carbocycles. The zero-order valence-corrected chi connectivity index (χ0v) is 16.7. The number of pyridine rings is 1. The summed E-state index contributed by atoms with van der Waals surface area (Å²) in [7, 11) is 1.26. The highest BCUT2D eigenvalue weighted by atomic mass is 35.5. The molecule has 0 unspecified atom stereocenters. The molecule has 2 heterocycles. The summed E-state index contributed by atoms with van der Waals surface area (Å²) in [6.07, 6.45) is 0. The van der Waals surface area contributed by atoms with Crippen molar-refractivity contribution in [3.63, 3.8) is 0 Å². The summed E-state index contributed by atoms with van der Waals surface area (Å²) in [4.78, 5) is 28.5. The monoisotopic (exact) mass is 428 g/mol. The predicted molar refractivity (Wildman–Crippen MR) is 110 cm³/mol. The fraction of sp³-hybridized carbons (Fsp3) is 0.190. The molecular formula is C21H17ClN2O6. The van der Waals surface area contributed by atoms with Gasteiger partial charge in [0.05, 0.1) is 12.6 Å². The summed E-state index contributed by atoms with van der Waals surface area (Å²) in [5.74, 6) is 0.486. The lowest BCUT2D eigenvalue weighted by molar-refractivity contribution is -0.118. The topological polar surface area (TPSA) is 96.0 Å². The number of esters is 1. The molecule has 1 amide bonds. The Balaban J connectivity index is 1.51. The van der Waals surface area contributed by atoms with Crippen LogP contribution < -0.4 is 19.5 Å². The molecule has 1 aliphatic rings. The Morgan fingerprint density at radius 2 is 1.90 bits per heavy atom. The third-order valence-corrected chi connectivity index (χ3v) is 4.55. The number of rotatable bonds is 5. The Hall–Kier alpha value is -3.52. The van der Waals surface area contributed by atoms with E-state index in [0.717, 1.165) is 0 Å². The number of methoxy groups -OCH3 is 1. The number of nitrogens with zero attached hydrogens (tertiary/aromatic N) is 1. The number of benzene rings is 2. The Bertz CT molecular complexity index is 1130. The van der Waals surface area contributed by atoms with Crippen LogP contribution in [0.2, 0.25) is 5.02 Å². The number of nitrogens with one attached hydrogen (secondary N) is 1. The number of halogens is 1. The quantitative estimate of drug-likeness (QED) is 0.621. The van der Waals surface area contributed by atoms with Crippen LogP contribution in [0.1, 0.15) is 10.5 Å². The van der Waals surface area contributed by atoms with Crippen molar-refractivity contribution in [1.82, 2.24) is 4.98 Å². The minimum Gasteiger partial charge on any atom is -0.486 e. The maximum Gasteiger partial charge on any atom is 0.356 e. The second-order valence-electron chi connectivity index (χ2n) is 6.35. The molecule has 0 aliphatic carbocycles. The van der Waals surface area contributed by atoms with Gasteiger partial charge in [-0.2, -0.15) is 0 Å². The van der Waals surface area contributed by atoms with Gasteiger partial charge in [-0.1, -0.05) is 11.6 Å². The molecule has 0 spiro atoms. The third-order valence-electron chi connectivity index (χ3n) is 4.31. The molecule has 9 heteroatoms. The average molecular weight is 429 g/mol. The first-order valence-electron chi connectivity index (χ1n) is 9.04. The molecule has 0 bridgehead atoms. The van der Waals surface area contributed by atoms with Crippen molar-refractivity contribution in [2.75, 3.05) is 32.2 Å². The summed E-state index contributed by atoms with van der Waals surface area (Å²) in [6, 6.07) is 11.5. The summed E-state index contributed by atoms with van der Waals surface area (Å²) in [5.41, 5.74) is 1.10. The smallest absolute Gasteiger partial charge is 0.356 e. The number of carbonyl (C=O) groups is 2. The SMILES string of the molecule is COC(=O)c1cc(OCC(=O)Nc2ccc3c(c2)OCCO3)c2cc(Cl)ccc2n1. The number of hydrogen-bond acceptors (Lipinski definition) is 7. The molecule has 0 atom stereocenters. The molecule has 0 fully saturated rings. The van der Waals surface area contributed by atoms with Crippen LogP contribution in [0.5, 0.6) is 17.2 Å². The van der Waals surface area contributed by atoms with E-state index in [1.807, 2.05) is 0 Å². The number of ether oxygens (including phenoxy) is 4. The molecule has 8 nitrogen and oxygen atoms in total. The second kappa shape index (κ2) is 8.46. The number of fused-ring (bicyclic) bond motifs is 2. The maximum absolute atomic E-state index is 12.4.